The lowest BCUT2D eigenvalue weighted by atomic mass is 10.1. The van der Waals surface area contributed by atoms with Crippen molar-refractivity contribution in [2.24, 2.45) is 0 Å². The summed E-state index contributed by atoms with van der Waals surface area (Å²) in [5.74, 6) is -0.701. The normalized spacial score (nSPS) is 12.0. The van der Waals surface area contributed by atoms with Crippen LogP contribution < -0.4 is 9.62 Å². The molecule has 2 amide bonds. The number of thioether (sulfide) groups is 1. The summed E-state index contributed by atoms with van der Waals surface area (Å²) >= 11 is 1.52. The van der Waals surface area contributed by atoms with Crippen molar-refractivity contribution < 1.29 is 18.0 Å². The zero-order chi connectivity index (χ0) is 29.3. The molecule has 0 fully saturated rings. The standard InChI is InChI=1S/C31H39N3O4S2/c1-6-19-32-31(36)29(7-2)33(21-25-10-8-9-24(4)20-25)30(35)22-34(26-13-11-23(3)12-14-26)40(37,38)28-17-15-27(39-5)16-18-28/h8-18,20,29H,6-7,19,21-22H2,1-5H3,(H,32,36)/t29-/m1/s1. The van der Waals surface area contributed by atoms with Crippen LogP contribution in [0.4, 0.5) is 5.69 Å². The SMILES string of the molecule is CCCNC(=O)[C@@H](CC)N(Cc1cccc(C)c1)C(=O)CN(c1ccc(C)cc1)S(=O)(=O)c1ccc(SC)cc1. The molecule has 0 aliphatic heterocycles. The number of hydrogen-bond donors (Lipinski definition) is 1. The van der Waals surface area contributed by atoms with Crippen LogP contribution in [-0.4, -0.2) is 50.5 Å². The van der Waals surface area contributed by atoms with Gasteiger partial charge in [0.1, 0.15) is 12.6 Å². The van der Waals surface area contributed by atoms with Crippen molar-refractivity contribution in [1.82, 2.24) is 10.2 Å². The minimum Gasteiger partial charge on any atom is -0.354 e. The quantitative estimate of drug-likeness (QED) is 0.267. The van der Waals surface area contributed by atoms with Crippen molar-refractivity contribution in [3.05, 3.63) is 89.5 Å². The molecule has 1 N–H and O–H groups in total. The summed E-state index contributed by atoms with van der Waals surface area (Å²) in [7, 11) is -4.09. The average Bonchev–Trinajstić information content (AvgIpc) is 2.95. The number of benzene rings is 3. The Bertz CT molecular complexity index is 1390. The lowest BCUT2D eigenvalue weighted by Gasteiger charge is -2.33. The van der Waals surface area contributed by atoms with E-state index in [0.717, 1.165) is 32.3 Å². The van der Waals surface area contributed by atoms with Crippen molar-refractivity contribution in [3.8, 4) is 0 Å². The van der Waals surface area contributed by atoms with Gasteiger partial charge in [-0.25, -0.2) is 8.42 Å². The molecular weight excluding hydrogens is 542 g/mol. The average molecular weight is 582 g/mol. The number of sulfonamides is 1. The first-order valence-corrected chi connectivity index (χ1v) is 16.1. The van der Waals surface area contributed by atoms with Crippen LogP contribution in [0.2, 0.25) is 0 Å². The highest BCUT2D eigenvalue weighted by Gasteiger charge is 2.33. The van der Waals surface area contributed by atoms with Crippen LogP contribution in [0.15, 0.2) is 82.6 Å². The molecule has 0 unspecified atom stereocenters. The number of carbonyl (C=O) groups excluding carboxylic acids is 2. The van der Waals surface area contributed by atoms with Crippen LogP contribution in [0, 0.1) is 13.8 Å². The largest absolute Gasteiger partial charge is 0.354 e. The topological polar surface area (TPSA) is 86.8 Å². The van der Waals surface area contributed by atoms with E-state index in [9.17, 15) is 18.0 Å². The lowest BCUT2D eigenvalue weighted by molar-refractivity contribution is -0.140. The van der Waals surface area contributed by atoms with Gasteiger partial charge in [0.05, 0.1) is 10.6 Å². The molecule has 7 nitrogen and oxygen atoms in total. The summed E-state index contributed by atoms with van der Waals surface area (Å²) in [6.07, 6.45) is 3.08. The van der Waals surface area contributed by atoms with Gasteiger partial charge in [0.2, 0.25) is 11.8 Å². The van der Waals surface area contributed by atoms with E-state index in [2.05, 4.69) is 5.32 Å². The molecule has 0 aliphatic rings. The Hall–Kier alpha value is -3.30. The highest BCUT2D eigenvalue weighted by Crippen LogP contribution is 2.27. The molecule has 1 atom stereocenters. The van der Waals surface area contributed by atoms with E-state index in [-0.39, 0.29) is 17.3 Å². The Kier molecular flexibility index (Phi) is 11.2. The molecule has 0 radical (unpaired) electrons. The molecule has 0 saturated heterocycles. The number of aryl methyl sites for hydroxylation is 2. The van der Waals surface area contributed by atoms with Crippen LogP contribution in [-0.2, 0) is 26.2 Å². The number of rotatable bonds is 13. The fourth-order valence-corrected chi connectivity index (χ4v) is 6.23. The monoisotopic (exact) mass is 581 g/mol. The third-order valence-corrected chi connectivity index (χ3v) is 9.15. The van der Waals surface area contributed by atoms with Gasteiger partial charge in [-0.1, -0.05) is 61.4 Å². The molecular formula is C31H39N3O4S2. The van der Waals surface area contributed by atoms with Crippen molar-refractivity contribution in [2.45, 2.75) is 62.9 Å². The smallest absolute Gasteiger partial charge is 0.264 e. The Morgan fingerprint density at radius 2 is 1.60 bits per heavy atom. The van der Waals surface area contributed by atoms with Gasteiger partial charge in [-0.05, 0) is 74.9 Å². The number of hydrogen-bond acceptors (Lipinski definition) is 5. The first-order valence-electron chi connectivity index (χ1n) is 13.5. The van der Waals surface area contributed by atoms with Gasteiger partial charge < -0.3 is 10.2 Å². The molecule has 214 valence electrons. The van der Waals surface area contributed by atoms with Crippen molar-refractivity contribution in [1.29, 1.82) is 0 Å². The van der Waals surface area contributed by atoms with Crippen LogP contribution in [0.3, 0.4) is 0 Å². The predicted molar refractivity (Wildman–Crippen MR) is 163 cm³/mol. The number of anilines is 1. The van der Waals surface area contributed by atoms with Crippen molar-refractivity contribution in [3.63, 3.8) is 0 Å². The van der Waals surface area contributed by atoms with E-state index in [1.165, 1.54) is 16.7 Å². The minimum atomic E-state index is -4.09. The van der Waals surface area contributed by atoms with Crippen LogP contribution in [0.1, 0.15) is 43.4 Å². The maximum absolute atomic E-state index is 14.1. The summed E-state index contributed by atoms with van der Waals surface area (Å²) in [5.41, 5.74) is 3.25. The number of amides is 2. The van der Waals surface area contributed by atoms with Gasteiger partial charge in [-0.3, -0.25) is 13.9 Å². The Morgan fingerprint density at radius 3 is 2.17 bits per heavy atom. The zero-order valence-corrected chi connectivity index (χ0v) is 25.5. The van der Waals surface area contributed by atoms with E-state index in [1.54, 1.807) is 36.4 Å². The molecule has 0 saturated carbocycles. The maximum Gasteiger partial charge on any atom is 0.264 e. The zero-order valence-electron chi connectivity index (χ0n) is 23.9. The molecule has 3 aromatic carbocycles. The van der Waals surface area contributed by atoms with Crippen LogP contribution in [0.25, 0.3) is 0 Å². The van der Waals surface area contributed by atoms with Gasteiger partial charge in [0, 0.05) is 18.0 Å². The Balaban J connectivity index is 2.04. The van der Waals surface area contributed by atoms with E-state index in [0.29, 0.717) is 18.7 Å². The van der Waals surface area contributed by atoms with E-state index < -0.39 is 28.5 Å². The van der Waals surface area contributed by atoms with Gasteiger partial charge in [-0.2, -0.15) is 0 Å². The van der Waals surface area contributed by atoms with Crippen LogP contribution >= 0.6 is 11.8 Å². The third kappa shape index (κ3) is 7.88. The second-order valence-corrected chi connectivity index (χ2v) is 12.5. The lowest BCUT2D eigenvalue weighted by Crippen LogP contribution is -2.52. The Morgan fingerprint density at radius 1 is 0.925 bits per heavy atom. The molecule has 3 aromatic rings. The predicted octanol–water partition coefficient (Wildman–Crippen LogP) is 5.55. The summed E-state index contributed by atoms with van der Waals surface area (Å²) < 4.78 is 29.1. The van der Waals surface area contributed by atoms with Gasteiger partial charge in [0.25, 0.3) is 10.0 Å². The highest BCUT2D eigenvalue weighted by atomic mass is 32.2. The minimum absolute atomic E-state index is 0.0941. The summed E-state index contributed by atoms with van der Waals surface area (Å²) in [5, 5.41) is 2.91. The van der Waals surface area contributed by atoms with Crippen molar-refractivity contribution >= 4 is 39.3 Å². The third-order valence-electron chi connectivity index (χ3n) is 6.62. The first-order chi connectivity index (χ1) is 19.1. The van der Waals surface area contributed by atoms with Crippen molar-refractivity contribution in [2.75, 3.05) is 23.7 Å². The van der Waals surface area contributed by atoms with Gasteiger partial charge >= 0.3 is 0 Å². The summed E-state index contributed by atoms with van der Waals surface area (Å²) in [4.78, 5) is 29.8. The Labute approximate surface area is 243 Å². The summed E-state index contributed by atoms with van der Waals surface area (Å²) in [6.45, 7) is 7.94. The van der Waals surface area contributed by atoms with E-state index >= 15 is 0 Å². The molecule has 0 spiro atoms. The van der Waals surface area contributed by atoms with E-state index in [4.69, 9.17) is 0 Å². The molecule has 40 heavy (non-hydrogen) atoms. The number of carbonyl (C=O) groups is 2. The molecule has 3 rings (SSSR count). The second-order valence-electron chi connectivity index (χ2n) is 9.75. The summed E-state index contributed by atoms with van der Waals surface area (Å²) in [6, 6.07) is 20.7. The molecule has 0 heterocycles. The molecule has 0 aromatic heterocycles. The molecule has 0 aliphatic carbocycles. The number of nitrogens with zero attached hydrogens (tertiary/aromatic N) is 2. The van der Waals surface area contributed by atoms with Gasteiger partial charge in [-0.15, -0.1) is 11.8 Å². The fourth-order valence-electron chi connectivity index (χ4n) is 4.41. The molecule has 9 heteroatoms. The van der Waals surface area contributed by atoms with Crippen LogP contribution in [0.5, 0.6) is 0 Å². The van der Waals surface area contributed by atoms with E-state index in [1.807, 2.05) is 70.3 Å². The second kappa shape index (κ2) is 14.4. The number of nitrogens with one attached hydrogen (secondary N) is 1. The van der Waals surface area contributed by atoms with Gasteiger partial charge in [0.15, 0.2) is 0 Å². The maximum atomic E-state index is 14.1. The first kappa shape index (κ1) is 31.2. The molecule has 0 bridgehead atoms. The fraction of sp³-hybridized carbons (Fsp3) is 0.355. The highest BCUT2D eigenvalue weighted by molar-refractivity contribution is 7.98.